The number of benzene rings is 1. The number of carboxylic acids is 1. The summed E-state index contributed by atoms with van der Waals surface area (Å²) in [6, 6.07) is 2.41. The van der Waals surface area contributed by atoms with Gasteiger partial charge in [-0.15, -0.1) is 0 Å². The van der Waals surface area contributed by atoms with Gasteiger partial charge < -0.3 is 10.0 Å². The third kappa shape index (κ3) is 6.58. The van der Waals surface area contributed by atoms with Crippen molar-refractivity contribution in [1.82, 2.24) is 14.7 Å². The van der Waals surface area contributed by atoms with Gasteiger partial charge in [-0.2, -0.15) is 18.3 Å². The molecule has 2 fully saturated rings. The quantitative estimate of drug-likeness (QED) is 0.311. The van der Waals surface area contributed by atoms with Gasteiger partial charge in [-0.1, -0.05) is 37.0 Å². The van der Waals surface area contributed by atoms with Gasteiger partial charge in [-0.3, -0.25) is 19.1 Å². The number of hydrogen-bond acceptors (Lipinski definition) is 4. The monoisotopic (exact) mass is 615 g/mol. The fourth-order valence-corrected chi connectivity index (χ4v) is 7.14. The van der Waals surface area contributed by atoms with Crippen LogP contribution in [-0.4, -0.2) is 50.5 Å². The molecule has 0 bridgehead atoms. The molecule has 1 amide bonds. The molecule has 0 radical (unpaired) electrons. The molecule has 2 aromatic rings. The summed E-state index contributed by atoms with van der Waals surface area (Å²) < 4.78 is 44.3. The van der Waals surface area contributed by atoms with E-state index in [1.54, 1.807) is 26.0 Å². The normalized spacial score (nSPS) is 22.7. The van der Waals surface area contributed by atoms with Crippen LogP contribution in [-0.2, 0) is 11.0 Å². The average molecular weight is 617 g/mol. The Morgan fingerprint density at radius 2 is 1.66 bits per heavy atom. The molecule has 7 nitrogen and oxygen atoms in total. The Kier molecular flexibility index (Phi) is 8.60. The lowest BCUT2D eigenvalue weighted by molar-refractivity contribution is -0.152. The SMILES string of the molecule is Cc1cc(Cl)c(C(=O)CN(CC2CC(C)(C)C2)C(=O)c2cnn([C@H]3CC[C@](C)(C(=O)O)CC3)c2C(F)(F)F)c(Cl)c1. The molecule has 12 heteroatoms. The van der Waals surface area contributed by atoms with Gasteiger partial charge in [-0.25, -0.2) is 0 Å². The summed E-state index contributed by atoms with van der Waals surface area (Å²) in [5.41, 5.74) is -2.07. The number of aryl methyl sites for hydroxylation is 1. The predicted molar refractivity (Wildman–Crippen MR) is 148 cm³/mol. The molecule has 0 unspecified atom stereocenters. The van der Waals surface area contributed by atoms with E-state index in [1.165, 1.54) is 0 Å². The smallest absolute Gasteiger partial charge is 0.433 e. The van der Waals surface area contributed by atoms with Crippen LogP contribution in [0.15, 0.2) is 18.3 Å². The van der Waals surface area contributed by atoms with Crippen molar-refractivity contribution in [3.8, 4) is 0 Å². The molecule has 0 saturated heterocycles. The Balaban J connectivity index is 1.66. The van der Waals surface area contributed by atoms with Crippen molar-refractivity contribution in [2.75, 3.05) is 13.1 Å². The van der Waals surface area contributed by atoms with Gasteiger partial charge in [-0.05, 0) is 81.4 Å². The zero-order valence-electron chi connectivity index (χ0n) is 23.4. The number of rotatable bonds is 8. The number of ketones is 1. The number of nitrogens with zero attached hydrogens (tertiary/aromatic N) is 3. The van der Waals surface area contributed by atoms with Crippen molar-refractivity contribution in [3.05, 3.63) is 50.8 Å². The van der Waals surface area contributed by atoms with Crippen LogP contribution in [0.5, 0.6) is 0 Å². The zero-order valence-corrected chi connectivity index (χ0v) is 25.0. The van der Waals surface area contributed by atoms with E-state index >= 15 is 0 Å². The molecule has 1 aromatic heterocycles. The number of alkyl halides is 3. The molecule has 2 saturated carbocycles. The van der Waals surface area contributed by atoms with Crippen LogP contribution >= 0.6 is 23.2 Å². The summed E-state index contributed by atoms with van der Waals surface area (Å²) in [7, 11) is 0. The van der Waals surface area contributed by atoms with E-state index in [0.717, 1.165) is 34.2 Å². The molecule has 224 valence electrons. The maximum atomic E-state index is 14.5. The fourth-order valence-electron chi connectivity index (χ4n) is 6.33. The van der Waals surface area contributed by atoms with Gasteiger partial charge in [0, 0.05) is 6.54 Å². The maximum Gasteiger partial charge on any atom is 0.433 e. The lowest BCUT2D eigenvalue weighted by Gasteiger charge is -2.44. The molecule has 4 rings (SSSR count). The Bertz CT molecular complexity index is 1330. The first-order valence-corrected chi connectivity index (χ1v) is 14.3. The number of halogens is 5. The van der Waals surface area contributed by atoms with E-state index in [9.17, 15) is 32.7 Å². The van der Waals surface area contributed by atoms with Crippen LogP contribution in [0.2, 0.25) is 10.0 Å². The van der Waals surface area contributed by atoms with E-state index in [-0.39, 0.29) is 59.2 Å². The number of Topliss-reactive ketones (excluding diaryl/α,β-unsaturated/α-hetero) is 1. The van der Waals surface area contributed by atoms with Crippen LogP contribution in [0.25, 0.3) is 0 Å². The minimum Gasteiger partial charge on any atom is -0.481 e. The van der Waals surface area contributed by atoms with Gasteiger partial charge in [0.25, 0.3) is 5.91 Å². The van der Waals surface area contributed by atoms with Crippen LogP contribution < -0.4 is 0 Å². The Morgan fingerprint density at radius 1 is 1.10 bits per heavy atom. The molecule has 41 heavy (non-hydrogen) atoms. The second-order valence-corrected chi connectivity index (χ2v) is 13.4. The minimum atomic E-state index is -4.91. The number of carbonyl (C=O) groups excluding carboxylic acids is 2. The van der Waals surface area contributed by atoms with E-state index in [4.69, 9.17) is 23.2 Å². The largest absolute Gasteiger partial charge is 0.481 e. The highest BCUT2D eigenvalue weighted by Gasteiger charge is 2.46. The van der Waals surface area contributed by atoms with Crippen molar-refractivity contribution >= 4 is 40.9 Å². The summed E-state index contributed by atoms with van der Waals surface area (Å²) in [4.78, 5) is 39.9. The summed E-state index contributed by atoms with van der Waals surface area (Å²) in [5.74, 6) is -2.50. The number of carbonyl (C=O) groups is 3. The van der Waals surface area contributed by atoms with Gasteiger partial charge in [0.1, 0.15) is 0 Å². The predicted octanol–water partition coefficient (Wildman–Crippen LogP) is 7.48. The van der Waals surface area contributed by atoms with Crippen molar-refractivity contribution in [2.24, 2.45) is 16.7 Å². The minimum absolute atomic E-state index is 0.0149. The van der Waals surface area contributed by atoms with Gasteiger partial charge in [0.05, 0.1) is 45.4 Å². The summed E-state index contributed by atoms with van der Waals surface area (Å²) in [6.07, 6.45) is -1.78. The van der Waals surface area contributed by atoms with E-state index < -0.39 is 53.1 Å². The molecule has 0 atom stereocenters. The summed E-state index contributed by atoms with van der Waals surface area (Å²) in [6.45, 7) is 7.07. The number of amides is 1. The van der Waals surface area contributed by atoms with E-state index in [0.29, 0.717) is 0 Å². The fraction of sp³-hybridized carbons (Fsp3) is 0.586. The standard InChI is InChI=1S/C29H34Cl2F3N3O4/c1-16-9-20(30)23(21(31)10-16)22(38)15-36(14-17-11-27(2,3)12-17)25(39)19-13-35-37(24(19)29(32,33)34)18-5-7-28(4,8-6-18)26(40)41/h9-10,13,17-18H,5-8,11-12,14-15H2,1-4H3,(H,40,41)/t18-,28-. The van der Waals surface area contributed by atoms with Crippen LogP contribution in [0.4, 0.5) is 13.2 Å². The Labute approximate surface area is 247 Å². The van der Waals surface area contributed by atoms with Crippen molar-refractivity contribution < 1.29 is 32.7 Å². The van der Waals surface area contributed by atoms with Gasteiger partial charge in [0.15, 0.2) is 11.5 Å². The highest BCUT2D eigenvalue weighted by Crippen LogP contribution is 2.46. The van der Waals surface area contributed by atoms with Crippen molar-refractivity contribution in [1.29, 1.82) is 0 Å². The summed E-state index contributed by atoms with van der Waals surface area (Å²) in [5, 5.41) is 13.7. The molecule has 0 spiro atoms. The maximum absolute atomic E-state index is 14.5. The third-order valence-electron chi connectivity index (χ3n) is 8.46. The van der Waals surface area contributed by atoms with Crippen LogP contribution in [0.1, 0.15) is 97.3 Å². The molecule has 0 aliphatic heterocycles. The van der Waals surface area contributed by atoms with Crippen LogP contribution in [0.3, 0.4) is 0 Å². The van der Waals surface area contributed by atoms with E-state index in [1.807, 2.05) is 0 Å². The number of aliphatic carboxylic acids is 1. The summed E-state index contributed by atoms with van der Waals surface area (Å²) >= 11 is 12.6. The lowest BCUT2D eigenvalue weighted by atomic mass is 9.64. The Morgan fingerprint density at radius 3 is 2.15 bits per heavy atom. The molecular weight excluding hydrogens is 582 g/mol. The molecule has 2 aliphatic rings. The van der Waals surface area contributed by atoms with Gasteiger partial charge >= 0.3 is 12.1 Å². The molecular formula is C29H34Cl2F3N3O4. The molecule has 1 N–H and O–H groups in total. The second kappa shape index (κ2) is 11.2. The Hall–Kier alpha value is -2.59. The van der Waals surface area contributed by atoms with Crippen molar-refractivity contribution in [3.63, 3.8) is 0 Å². The second-order valence-electron chi connectivity index (χ2n) is 12.6. The molecule has 1 aromatic carbocycles. The third-order valence-corrected chi connectivity index (χ3v) is 9.06. The topological polar surface area (TPSA) is 92.5 Å². The highest BCUT2D eigenvalue weighted by molar-refractivity contribution is 6.40. The molecule has 2 aliphatic carbocycles. The lowest BCUT2D eigenvalue weighted by Crippen LogP contribution is -2.45. The number of carboxylic acid groups (broad SMARTS) is 1. The number of hydrogen-bond donors (Lipinski definition) is 1. The first kappa shape index (κ1) is 31.3. The first-order valence-electron chi connectivity index (χ1n) is 13.6. The van der Waals surface area contributed by atoms with Gasteiger partial charge in [0.2, 0.25) is 0 Å². The zero-order chi connectivity index (χ0) is 30.5. The van der Waals surface area contributed by atoms with Crippen LogP contribution in [0, 0.1) is 23.7 Å². The average Bonchev–Trinajstić information content (AvgIpc) is 3.27. The highest BCUT2D eigenvalue weighted by atomic mass is 35.5. The first-order chi connectivity index (χ1) is 18.9. The van der Waals surface area contributed by atoms with Crippen molar-refractivity contribution in [2.45, 2.75) is 78.4 Å². The van der Waals surface area contributed by atoms with E-state index in [2.05, 4.69) is 18.9 Å². The number of aromatic nitrogens is 2. The molecule has 1 heterocycles.